The van der Waals surface area contributed by atoms with Gasteiger partial charge in [-0.1, -0.05) is 20.8 Å². The molecule has 2 aliphatic rings. The van der Waals surface area contributed by atoms with E-state index in [-0.39, 0.29) is 65.8 Å². The standard InChI is InChI=1S/C31H37F4N3O8/c1-7-44-20-14-17-15-37(26(36)21(17)22(32)25(20)45-8-2)27(46-28(40)31(33,34)35)23(39)16-12-18(29(3,4)5)24(43-6)19(13-16)38-11-9-10-30(38,41)42/h12-14,27,36,41-42H,7-11,15H2,1-6H3. The summed E-state index contributed by atoms with van der Waals surface area (Å²) >= 11 is 0. The maximum atomic E-state index is 15.8. The number of rotatable bonds is 10. The second-order valence-corrected chi connectivity index (χ2v) is 11.9. The molecule has 0 aliphatic carbocycles. The molecule has 46 heavy (non-hydrogen) atoms. The van der Waals surface area contributed by atoms with Gasteiger partial charge in [-0.15, -0.1) is 0 Å². The summed E-state index contributed by atoms with van der Waals surface area (Å²) in [6.45, 7) is 8.40. The number of esters is 1. The molecule has 252 valence electrons. The lowest BCUT2D eigenvalue weighted by Gasteiger charge is -2.34. The van der Waals surface area contributed by atoms with Crippen molar-refractivity contribution in [3.05, 3.63) is 46.3 Å². The van der Waals surface area contributed by atoms with Crippen LogP contribution in [0.3, 0.4) is 0 Å². The normalized spacial score (nSPS) is 16.7. The molecular formula is C31H37F4N3O8. The highest BCUT2D eigenvalue weighted by atomic mass is 19.4. The molecule has 1 fully saturated rings. The Labute approximate surface area is 263 Å². The van der Waals surface area contributed by atoms with E-state index in [1.807, 2.05) is 0 Å². The fraction of sp³-hybridized carbons (Fsp3) is 0.516. The third-order valence-electron chi connectivity index (χ3n) is 7.66. The molecule has 11 nitrogen and oxygen atoms in total. The van der Waals surface area contributed by atoms with E-state index in [9.17, 15) is 33.0 Å². The Morgan fingerprint density at radius 2 is 1.72 bits per heavy atom. The molecule has 1 saturated heterocycles. The van der Waals surface area contributed by atoms with Gasteiger partial charge in [0.1, 0.15) is 11.6 Å². The molecule has 0 aromatic heterocycles. The monoisotopic (exact) mass is 655 g/mol. The van der Waals surface area contributed by atoms with E-state index in [0.29, 0.717) is 12.0 Å². The van der Waals surface area contributed by atoms with Crippen molar-refractivity contribution in [2.45, 2.75) is 77.7 Å². The van der Waals surface area contributed by atoms with Crippen LogP contribution in [0.15, 0.2) is 18.2 Å². The Bertz CT molecular complexity index is 1540. The molecule has 1 unspecified atom stereocenters. The zero-order valence-corrected chi connectivity index (χ0v) is 26.3. The van der Waals surface area contributed by atoms with E-state index in [0.717, 1.165) is 4.90 Å². The average molecular weight is 656 g/mol. The number of ether oxygens (including phenoxy) is 4. The Hall–Kier alpha value is -4.11. The zero-order chi connectivity index (χ0) is 34.4. The number of Topliss-reactive ketones (excluding diaryl/α,β-unsaturated/α-hetero) is 1. The number of ketones is 1. The minimum Gasteiger partial charge on any atom is -0.494 e. The van der Waals surface area contributed by atoms with Crippen LogP contribution >= 0.6 is 0 Å². The van der Waals surface area contributed by atoms with Crippen LogP contribution in [0.1, 0.15) is 74.5 Å². The van der Waals surface area contributed by atoms with Crippen molar-refractivity contribution in [2.75, 3.05) is 31.8 Å². The van der Waals surface area contributed by atoms with E-state index >= 15 is 4.39 Å². The number of carbonyl (C=O) groups excluding carboxylic acids is 2. The first kappa shape index (κ1) is 34.8. The molecule has 3 N–H and O–H groups in total. The van der Waals surface area contributed by atoms with Crippen molar-refractivity contribution >= 4 is 23.3 Å². The van der Waals surface area contributed by atoms with Crippen LogP contribution in [0.25, 0.3) is 0 Å². The number of nitrogens with zero attached hydrogens (tertiary/aromatic N) is 2. The van der Waals surface area contributed by atoms with Gasteiger partial charge in [0.25, 0.3) is 0 Å². The fourth-order valence-corrected chi connectivity index (χ4v) is 5.59. The number of methoxy groups -OCH3 is 1. The first-order valence-electron chi connectivity index (χ1n) is 14.6. The number of amidine groups is 1. The second kappa shape index (κ2) is 12.6. The largest absolute Gasteiger partial charge is 0.494 e. The Morgan fingerprint density at radius 1 is 1.07 bits per heavy atom. The number of carbonyl (C=O) groups is 2. The van der Waals surface area contributed by atoms with Crippen molar-refractivity contribution in [2.24, 2.45) is 0 Å². The lowest BCUT2D eigenvalue weighted by molar-refractivity contribution is -0.207. The van der Waals surface area contributed by atoms with E-state index < -0.39 is 53.7 Å². The summed E-state index contributed by atoms with van der Waals surface area (Å²) < 4.78 is 77.5. The van der Waals surface area contributed by atoms with Gasteiger partial charge in [-0.25, -0.2) is 9.18 Å². The van der Waals surface area contributed by atoms with Gasteiger partial charge in [0.05, 0.1) is 31.6 Å². The van der Waals surface area contributed by atoms with Crippen LogP contribution in [0.5, 0.6) is 17.2 Å². The highest BCUT2D eigenvalue weighted by Crippen LogP contribution is 2.45. The second-order valence-electron chi connectivity index (χ2n) is 11.9. The van der Waals surface area contributed by atoms with Gasteiger partial charge in [0.2, 0.25) is 17.9 Å². The minimum atomic E-state index is -5.51. The summed E-state index contributed by atoms with van der Waals surface area (Å²) in [6.07, 6.45) is -7.55. The average Bonchev–Trinajstić information content (AvgIpc) is 3.49. The number of aliphatic hydroxyl groups is 2. The third-order valence-corrected chi connectivity index (χ3v) is 7.66. The van der Waals surface area contributed by atoms with Gasteiger partial charge in [-0.2, -0.15) is 13.2 Å². The van der Waals surface area contributed by atoms with Crippen molar-refractivity contribution in [3.63, 3.8) is 0 Å². The Balaban J connectivity index is 1.89. The van der Waals surface area contributed by atoms with Crippen LogP contribution in [0.2, 0.25) is 0 Å². The number of fused-ring (bicyclic) bond motifs is 1. The summed E-state index contributed by atoms with van der Waals surface area (Å²) in [6, 6.07) is 3.90. The van der Waals surface area contributed by atoms with Gasteiger partial charge >= 0.3 is 12.1 Å². The molecule has 2 heterocycles. The molecule has 0 bridgehead atoms. The molecule has 2 aromatic rings. The molecule has 0 radical (unpaired) electrons. The summed E-state index contributed by atoms with van der Waals surface area (Å²) in [7, 11) is 1.35. The van der Waals surface area contributed by atoms with E-state index in [4.69, 9.17) is 24.4 Å². The minimum absolute atomic E-state index is 0.0119. The fourth-order valence-electron chi connectivity index (χ4n) is 5.59. The van der Waals surface area contributed by atoms with E-state index in [1.54, 1.807) is 34.6 Å². The topological polar surface area (TPSA) is 142 Å². The number of anilines is 1. The summed E-state index contributed by atoms with van der Waals surface area (Å²) in [5.74, 6) is -8.09. The first-order chi connectivity index (χ1) is 21.4. The molecule has 15 heteroatoms. The lowest BCUT2D eigenvalue weighted by Crippen LogP contribution is -2.47. The highest BCUT2D eigenvalue weighted by molar-refractivity contribution is 6.08. The van der Waals surface area contributed by atoms with E-state index in [2.05, 4.69) is 0 Å². The van der Waals surface area contributed by atoms with Crippen LogP contribution in [0, 0.1) is 11.2 Å². The van der Waals surface area contributed by atoms with Crippen LogP contribution in [-0.4, -0.2) is 77.9 Å². The van der Waals surface area contributed by atoms with Crippen molar-refractivity contribution in [1.29, 1.82) is 5.41 Å². The van der Waals surface area contributed by atoms with Gasteiger partial charge in [0.15, 0.2) is 17.3 Å². The van der Waals surface area contributed by atoms with E-state index in [1.165, 1.54) is 30.2 Å². The number of hydrogen-bond donors (Lipinski definition) is 3. The molecule has 1 atom stereocenters. The maximum absolute atomic E-state index is 15.8. The smallest absolute Gasteiger partial charge is 0.491 e. The molecule has 0 spiro atoms. The Morgan fingerprint density at radius 3 is 2.24 bits per heavy atom. The first-order valence-corrected chi connectivity index (χ1v) is 14.6. The predicted molar refractivity (Wildman–Crippen MR) is 157 cm³/mol. The Kier molecular flexibility index (Phi) is 9.51. The zero-order valence-electron chi connectivity index (χ0n) is 26.3. The number of hydrogen-bond acceptors (Lipinski definition) is 10. The lowest BCUT2D eigenvalue weighted by atomic mass is 9.84. The molecule has 2 aromatic carbocycles. The van der Waals surface area contributed by atoms with Crippen LogP contribution in [-0.2, 0) is 21.5 Å². The molecule has 0 saturated carbocycles. The van der Waals surface area contributed by atoms with Crippen LogP contribution < -0.4 is 19.1 Å². The number of alkyl halides is 3. The quantitative estimate of drug-likeness (QED) is 0.144. The summed E-state index contributed by atoms with van der Waals surface area (Å²) in [5.41, 5.74) is -0.849. The number of halogens is 4. The SMILES string of the molecule is CCOc1cc2c(c(F)c1OCC)C(=N)N(C(OC(=O)C(F)(F)F)C(=O)c1cc(N3CCCC3(O)O)c(OC)c(C(C)(C)C)c1)C2. The summed E-state index contributed by atoms with van der Waals surface area (Å²) in [4.78, 5) is 28.3. The van der Waals surface area contributed by atoms with Gasteiger partial charge in [-0.05, 0) is 49.4 Å². The molecule has 0 amide bonds. The van der Waals surface area contributed by atoms with Gasteiger partial charge in [-0.3, -0.25) is 10.2 Å². The maximum Gasteiger partial charge on any atom is 0.491 e. The summed E-state index contributed by atoms with van der Waals surface area (Å²) in [5, 5.41) is 30.1. The number of nitrogens with one attached hydrogen (secondary N) is 1. The van der Waals surface area contributed by atoms with Crippen LogP contribution in [0.4, 0.5) is 23.2 Å². The van der Waals surface area contributed by atoms with Gasteiger partial charge < -0.3 is 39.0 Å². The highest BCUT2D eigenvalue weighted by Gasteiger charge is 2.48. The third kappa shape index (κ3) is 6.43. The molecular weight excluding hydrogens is 618 g/mol. The predicted octanol–water partition coefficient (Wildman–Crippen LogP) is 4.62. The number of benzene rings is 2. The van der Waals surface area contributed by atoms with Crippen molar-refractivity contribution in [3.8, 4) is 17.2 Å². The van der Waals surface area contributed by atoms with Crippen molar-refractivity contribution in [1.82, 2.24) is 4.90 Å². The van der Waals surface area contributed by atoms with Crippen molar-refractivity contribution < 1.29 is 56.3 Å². The molecule has 4 rings (SSSR count). The van der Waals surface area contributed by atoms with Gasteiger partial charge in [0, 0.05) is 30.6 Å². The molecule has 2 aliphatic heterocycles.